The molecule has 408 valence electrons. The Morgan fingerprint density at radius 2 is 0.949 bits per heavy atom. The molecule has 8 N–H and O–H groups in total. The number of hydrazone groups is 1. The third-order valence-electron chi connectivity index (χ3n) is 10.6. The number of carbonyl (C=O) groups is 3. The number of furan rings is 3. The molecule has 78 heavy (non-hydrogen) atoms. The summed E-state index contributed by atoms with van der Waals surface area (Å²) in [5.74, 6) is -4.46. The van der Waals surface area contributed by atoms with Gasteiger partial charge in [-0.2, -0.15) is 10.4 Å². The number of likely N-dealkylation sites (N-methyl/N-ethyl adjacent to an activating group) is 1. The van der Waals surface area contributed by atoms with Crippen molar-refractivity contribution in [2.24, 2.45) is 10.8 Å². The molecule has 26 heteroatoms. The predicted octanol–water partition coefficient (Wildman–Crippen LogP) is 5.88. The van der Waals surface area contributed by atoms with Gasteiger partial charge in [0.15, 0.2) is 11.5 Å². The quantitative estimate of drug-likeness (QED) is 0.0337. The maximum atomic E-state index is 12.0. The van der Waals surface area contributed by atoms with Gasteiger partial charge in [0.2, 0.25) is 5.76 Å². The highest BCUT2D eigenvalue weighted by molar-refractivity contribution is 5.92. The fraction of sp³-hybridized carbons (Fsp3) is 0.212. The van der Waals surface area contributed by atoms with Crippen LogP contribution in [0.15, 0.2) is 152 Å². The minimum absolute atomic E-state index is 0.0334. The number of nitriles is 1. The summed E-state index contributed by atoms with van der Waals surface area (Å²) in [6.45, 7) is 5.07. The molecular formula is C52H54N10O16. The number of carboxylic acid groups (broad SMARTS) is 1. The molecule has 1 aliphatic rings. The van der Waals surface area contributed by atoms with Crippen LogP contribution in [-0.4, -0.2) is 102 Å². The van der Waals surface area contributed by atoms with E-state index in [1.165, 1.54) is 12.1 Å². The van der Waals surface area contributed by atoms with Gasteiger partial charge in [0, 0.05) is 45.8 Å². The number of carbonyl (C=O) groups excluding carboxylic acids is 2. The Bertz CT molecular complexity index is 3050. The topological polar surface area (TPSA) is 394 Å². The molecule has 1 aliphatic heterocycles. The van der Waals surface area contributed by atoms with Crippen molar-refractivity contribution in [3.05, 3.63) is 226 Å². The highest BCUT2D eigenvalue weighted by Gasteiger charge is 2.19. The summed E-state index contributed by atoms with van der Waals surface area (Å²) in [6.07, 6.45) is 1.83. The predicted molar refractivity (Wildman–Crippen MR) is 278 cm³/mol. The summed E-state index contributed by atoms with van der Waals surface area (Å²) >= 11 is 0. The zero-order chi connectivity index (χ0) is 57.0. The summed E-state index contributed by atoms with van der Waals surface area (Å²) in [5.41, 5.74) is 12.4. The third-order valence-corrected chi connectivity index (χ3v) is 10.6. The standard InChI is InChI=1S/C18H21N5O4.C13H12N2O5.C8H11NO.C8H7NO.C5H3NO5/c1-21-8-10-22(11-9-21)20-13-15-4-2-14(3-5-15)12-19-18(24)16-6-7-17(27-16)23(25)26;16-8-10-3-1-9(2-4-10)7-14-13(17)11-5-6-12(20-11)15(18)19;2*9-5-7-1-3-8(6-10)4-2-7;7-5(8)3-1-2-4(11-3)6(9)10/h2-7,13H,8-12H2,1H3,(H,19,24);1-6,16H,7-8H2,(H,14,17);1-4,10H,5-6,9H2;1-4,10H,6H2;1-2H,(H,7,8)/b20-13+;;;;. The maximum Gasteiger partial charge on any atom is 0.433 e. The number of piperazine rings is 1. The lowest BCUT2D eigenvalue weighted by molar-refractivity contribution is -0.402. The number of nitrogens with zero attached hydrogens (tertiary/aromatic N) is 7. The Hall–Kier alpha value is -9.91. The lowest BCUT2D eigenvalue weighted by Crippen LogP contribution is -2.41. The van der Waals surface area contributed by atoms with E-state index >= 15 is 0 Å². The zero-order valence-electron chi connectivity index (χ0n) is 41.7. The number of nitro groups is 3. The second-order valence-corrected chi connectivity index (χ2v) is 16.2. The summed E-state index contributed by atoms with van der Waals surface area (Å²) in [6, 6.07) is 38.0. The Morgan fingerprint density at radius 1 is 0.590 bits per heavy atom. The van der Waals surface area contributed by atoms with E-state index in [4.69, 9.17) is 40.3 Å². The van der Waals surface area contributed by atoms with Gasteiger partial charge in [-0.25, -0.2) is 4.79 Å². The van der Waals surface area contributed by atoms with E-state index in [0.717, 1.165) is 89.4 Å². The van der Waals surface area contributed by atoms with Crippen molar-refractivity contribution in [3.8, 4) is 6.07 Å². The molecule has 0 aliphatic carbocycles. The SMILES string of the molecule is CN1CCN(/N=C/c2ccc(CNC(=O)c3ccc([N+](=O)[O-])o3)cc2)CC1.N#Cc1ccc(CO)cc1.NCc1ccc(CO)cc1.O=C(NCc1ccc(CO)cc1)c1ccc([N+](=O)[O-])o1.O=C(O)c1ccc([N+](=O)[O-])o1. The Labute approximate surface area is 444 Å². The summed E-state index contributed by atoms with van der Waals surface area (Å²) in [7, 11) is 2.10. The minimum Gasteiger partial charge on any atom is -0.475 e. The smallest absolute Gasteiger partial charge is 0.433 e. The summed E-state index contributed by atoms with van der Waals surface area (Å²) in [4.78, 5) is 64.9. The Balaban J connectivity index is 0.000000225. The van der Waals surface area contributed by atoms with Crippen LogP contribution in [0.5, 0.6) is 0 Å². The molecule has 4 aromatic carbocycles. The van der Waals surface area contributed by atoms with Gasteiger partial charge in [-0.15, -0.1) is 0 Å². The highest BCUT2D eigenvalue weighted by Crippen LogP contribution is 2.18. The van der Waals surface area contributed by atoms with Crippen LogP contribution in [0.2, 0.25) is 0 Å². The number of aliphatic hydroxyl groups excluding tert-OH is 3. The number of rotatable bonds is 16. The first-order chi connectivity index (χ1) is 37.4. The van der Waals surface area contributed by atoms with Crippen LogP contribution in [0.1, 0.15) is 76.2 Å². The van der Waals surface area contributed by atoms with Crippen LogP contribution in [0.25, 0.3) is 0 Å². The maximum absolute atomic E-state index is 12.0. The average molecular weight is 1080 g/mol. The van der Waals surface area contributed by atoms with Crippen LogP contribution in [0.4, 0.5) is 17.7 Å². The van der Waals surface area contributed by atoms with Crippen molar-refractivity contribution in [3.63, 3.8) is 0 Å². The number of hydrogen-bond donors (Lipinski definition) is 7. The van der Waals surface area contributed by atoms with Gasteiger partial charge in [-0.05, 0) is 76.3 Å². The Morgan fingerprint density at radius 3 is 1.29 bits per heavy atom. The molecule has 0 radical (unpaired) electrons. The molecule has 1 fully saturated rings. The normalized spacial score (nSPS) is 11.6. The number of hydrogen-bond acceptors (Lipinski definition) is 20. The van der Waals surface area contributed by atoms with E-state index < -0.39 is 56.0 Å². The average Bonchev–Trinajstić information content (AvgIpc) is 4.29. The van der Waals surface area contributed by atoms with E-state index in [0.29, 0.717) is 18.7 Å². The number of nitrogens with one attached hydrogen (secondary N) is 2. The van der Waals surface area contributed by atoms with E-state index in [2.05, 4.69) is 37.1 Å². The molecule has 0 atom stereocenters. The van der Waals surface area contributed by atoms with Crippen LogP contribution in [0, 0.1) is 41.7 Å². The number of benzene rings is 4. The first-order valence-corrected chi connectivity index (χ1v) is 23.2. The van der Waals surface area contributed by atoms with E-state index in [9.17, 15) is 44.7 Å². The molecule has 26 nitrogen and oxygen atoms in total. The summed E-state index contributed by atoms with van der Waals surface area (Å²) in [5, 5.41) is 85.6. The van der Waals surface area contributed by atoms with E-state index in [-0.39, 0.29) is 37.9 Å². The molecule has 7 aromatic rings. The van der Waals surface area contributed by atoms with Crippen LogP contribution >= 0.6 is 0 Å². The number of carboxylic acids is 1. The third kappa shape index (κ3) is 20.8. The second kappa shape index (κ2) is 31.7. The molecule has 0 saturated carbocycles. The van der Waals surface area contributed by atoms with E-state index in [1.54, 1.807) is 48.5 Å². The van der Waals surface area contributed by atoms with Gasteiger partial charge in [0.25, 0.3) is 11.8 Å². The lowest BCUT2D eigenvalue weighted by Gasteiger charge is -2.30. The number of amides is 2. The van der Waals surface area contributed by atoms with Gasteiger partial charge >= 0.3 is 23.6 Å². The fourth-order valence-electron chi connectivity index (χ4n) is 6.18. The van der Waals surface area contributed by atoms with Crippen molar-refractivity contribution < 1.29 is 62.8 Å². The van der Waals surface area contributed by atoms with E-state index in [1.807, 2.05) is 60.8 Å². The molecule has 8 rings (SSSR count). The van der Waals surface area contributed by atoms with Crippen molar-refractivity contribution in [1.82, 2.24) is 20.5 Å². The van der Waals surface area contributed by atoms with Gasteiger partial charge in [0.05, 0.1) is 55.9 Å². The largest absolute Gasteiger partial charge is 0.475 e. The van der Waals surface area contributed by atoms with Gasteiger partial charge < -0.3 is 54.9 Å². The number of nitrogens with two attached hydrogens (primary N) is 1. The zero-order valence-corrected chi connectivity index (χ0v) is 41.7. The molecule has 4 heterocycles. The van der Waals surface area contributed by atoms with Crippen LogP contribution < -0.4 is 16.4 Å². The number of aliphatic hydroxyl groups is 3. The first kappa shape index (κ1) is 60.6. The second-order valence-electron chi connectivity index (χ2n) is 16.2. The van der Waals surface area contributed by atoms with Crippen molar-refractivity contribution >= 4 is 41.7 Å². The molecule has 3 aromatic heterocycles. The molecule has 0 unspecified atom stereocenters. The molecule has 2 amide bonds. The Kier molecular flexibility index (Phi) is 24.7. The highest BCUT2D eigenvalue weighted by atomic mass is 16.7. The van der Waals surface area contributed by atoms with Crippen molar-refractivity contribution in [2.75, 3.05) is 33.2 Å². The monoisotopic (exact) mass is 1070 g/mol. The lowest BCUT2D eigenvalue weighted by atomic mass is 10.1. The molecule has 0 bridgehead atoms. The van der Waals surface area contributed by atoms with Gasteiger partial charge in [0.1, 0.15) is 14.8 Å². The molecule has 0 spiro atoms. The van der Waals surface area contributed by atoms with Crippen molar-refractivity contribution in [2.45, 2.75) is 39.5 Å². The van der Waals surface area contributed by atoms with Gasteiger partial charge in [-0.3, -0.25) is 44.9 Å². The molecular weight excluding hydrogens is 1020 g/mol. The minimum atomic E-state index is -1.32. The van der Waals surface area contributed by atoms with Gasteiger partial charge in [-0.1, -0.05) is 84.9 Å². The van der Waals surface area contributed by atoms with Crippen LogP contribution in [-0.2, 0) is 39.5 Å². The van der Waals surface area contributed by atoms with Crippen molar-refractivity contribution in [1.29, 1.82) is 5.26 Å². The van der Waals surface area contributed by atoms with Crippen LogP contribution in [0.3, 0.4) is 0 Å². The summed E-state index contributed by atoms with van der Waals surface area (Å²) < 4.78 is 14.0. The number of aromatic carboxylic acids is 1. The fourth-order valence-corrected chi connectivity index (χ4v) is 6.18. The molecule has 1 saturated heterocycles. The first-order valence-electron chi connectivity index (χ1n) is 23.2.